The molecular weight excluding hydrogens is 174 g/mol. The number of carbonyl (C=O) groups excluding carboxylic acids is 1. The first-order valence-corrected chi connectivity index (χ1v) is 4.08. The van der Waals surface area contributed by atoms with Gasteiger partial charge < -0.3 is 9.26 Å². The van der Waals surface area contributed by atoms with E-state index in [1.807, 2.05) is 0 Å². The van der Waals surface area contributed by atoms with Crippen LogP contribution in [0.25, 0.3) is 0 Å². The average Bonchev–Trinajstić information content (AvgIpc) is 2.47. The summed E-state index contributed by atoms with van der Waals surface area (Å²) in [5.74, 6) is -0.294. The summed E-state index contributed by atoms with van der Waals surface area (Å²) in [6.07, 6.45) is 0.479. The standard InChI is InChI=1S/C8H11NO4/c1-3-5-6(7(10)9-13-5)8(11)12-4-2/h3-4H2,1-2H3,(H,9,10). The number of rotatable bonds is 3. The number of aryl methyl sites for hydroxylation is 1. The SMILES string of the molecule is CCOC(=O)c1c(CC)o[nH]c1=O. The van der Waals surface area contributed by atoms with Gasteiger partial charge >= 0.3 is 5.97 Å². The number of nitrogens with one attached hydrogen (secondary N) is 1. The van der Waals surface area contributed by atoms with E-state index < -0.39 is 11.5 Å². The van der Waals surface area contributed by atoms with Crippen LogP contribution in [0.15, 0.2) is 9.32 Å². The van der Waals surface area contributed by atoms with Crippen LogP contribution in [-0.2, 0) is 11.2 Å². The summed E-state index contributed by atoms with van der Waals surface area (Å²) in [5, 5.41) is 2.10. The summed E-state index contributed by atoms with van der Waals surface area (Å²) in [6, 6.07) is 0. The molecule has 1 aromatic heterocycles. The molecule has 0 aliphatic carbocycles. The van der Waals surface area contributed by atoms with Crippen molar-refractivity contribution in [2.45, 2.75) is 20.3 Å². The summed E-state index contributed by atoms with van der Waals surface area (Å²) in [7, 11) is 0. The molecule has 5 nitrogen and oxygen atoms in total. The van der Waals surface area contributed by atoms with E-state index in [0.29, 0.717) is 12.2 Å². The molecule has 5 heteroatoms. The largest absolute Gasteiger partial charge is 0.462 e. The summed E-state index contributed by atoms with van der Waals surface area (Å²) in [5.41, 5.74) is -0.556. The fourth-order valence-electron chi connectivity index (χ4n) is 0.995. The maximum absolute atomic E-state index is 11.2. The molecule has 0 bridgehead atoms. The lowest BCUT2D eigenvalue weighted by molar-refractivity contribution is 0.0522. The first kappa shape index (κ1) is 9.57. The van der Waals surface area contributed by atoms with E-state index in [-0.39, 0.29) is 12.2 Å². The Morgan fingerprint density at radius 1 is 1.54 bits per heavy atom. The highest BCUT2D eigenvalue weighted by Crippen LogP contribution is 2.05. The van der Waals surface area contributed by atoms with Gasteiger partial charge in [0.2, 0.25) is 0 Å². The van der Waals surface area contributed by atoms with Gasteiger partial charge in [-0.1, -0.05) is 6.92 Å². The molecule has 1 rings (SSSR count). The van der Waals surface area contributed by atoms with Crippen LogP contribution in [0.3, 0.4) is 0 Å². The number of hydrogen-bond acceptors (Lipinski definition) is 4. The Kier molecular flexibility index (Phi) is 2.89. The molecule has 0 aliphatic rings. The first-order chi connectivity index (χ1) is 6.20. The summed E-state index contributed by atoms with van der Waals surface area (Å²) < 4.78 is 9.46. The van der Waals surface area contributed by atoms with Crippen LogP contribution in [0.5, 0.6) is 0 Å². The van der Waals surface area contributed by atoms with Crippen LogP contribution in [0, 0.1) is 0 Å². The summed E-state index contributed by atoms with van der Waals surface area (Å²) in [4.78, 5) is 22.3. The highest BCUT2D eigenvalue weighted by molar-refractivity contribution is 5.89. The summed E-state index contributed by atoms with van der Waals surface area (Å²) >= 11 is 0. The van der Waals surface area contributed by atoms with Gasteiger partial charge in [0.15, 0.2) is 11.3 Å². The van der Waals surface area contributed by atoms with Crippen LogP contribution < -0.4 is 5.56 Å². The predicted molar refractivity (Wildman–Crippen MR) is 44.7 cm³/mol. The lowest BCUT2D eigenvalue weighted by Gasteiger charge is -1.97. The second-order valence-electron chi connectivity index (χ2n) is 2.41. The molecule has 1 N–H and O–H groups in total. The lowest BCUT2D eigenvalue weighted by atomic mass is 10.2. The number of carbonyl (C=O) groups is 1. The zero-order valence-corrected chi connectivity index (χ0v) is 7.55. The zero-order valence-electron chi connectivity index (χ0n) is 7.55. The molecule has 13 heavy (non-hydrogen) atoms. The van der Waals surface area contributed by atoms with Crippen LogP contribution in [0.4, 0.5) is 0 Å². The van der Waals surface area contributed by atoms with Gasteiger partial charge in [-0.2, -0.15) is 5.16 Å². The molecule has 0 saturated carbocycles. The molecule has 72 valence electrons. The molecule has 0 unspecified atom stereocenters. The third kappa shape index (κ3) is 1.80. The number of H-pyrrole nitrogens is 1. The Balaban J connectivity index is 3.04. The number of esters is 1. The Morgan fingerprint density at radius 2 is 2.23 bits per heavy atom. The van der Waals surface area contributed by atoms with Gasteiger partial charge in [-0.15, -0.1) is 0 Å². The molecular formula is C8H11NO4. The first-order valence-electron chi connectivity index (χ1n) is 4.08. The van der Waals surface area contributed by atoms with Crippen molar-refractivity contribution in [3.8, 4) is 0 Å². The molecule has 0 aliphatic heterocycles. The van der Waals surface area contributed by atoms with Crippen molar-refractivity contribution in [2.75, 3.05) is 6.61 Å². The van der Waals surface area contributed by atoms with Gasteiger partial charge in [0.05, 0.1) is 6.61 Å². The summed E-state index contributed by atoms with van der Waals surface area (Å²) in [6.45, 7) is 3.71. The molecule has 0 amide bonds. The normalized spacial score (nSPS) is 10.0. The predicted octanol–water partition coefficient (Wildman–Crippen LogP) is 0.707. The second-order valence-corrected chi connectivity index (χ2v) is 2.41. The second kappa shape index (κ2) is 3.93. The monoisotopic (exact) mass is 185 g/mol. The molecule has 0 saturated heterocycles. The van der Waals surface area contributed by atoms with Crippen molar-refractivity contribution >= 4 is 5.97 Å². The van der Waals surface area contributed by atoms with Crippen LogP contribution in [0.1, 0.15) is 30.0 Å². The quantitative estimate of drug-likeness (QED) is 0.704. The van der Waals surface area contributed by atoms with Gasteiger partial charge in [0.1, 0.15) is 0 Å². The van der Waals surface area contributed by atoms with E-state index in [0.717, 1.165) is 0 Å². The smallest absolute Gasteiger partial charge is 0.347 e. The Morgan fingerprint density at radius 3 is 2.77 bits per heavy atom. The minimum absolute atomic E-state index is 0.0237. The van der Waals surface area contributed by atoms with Crippen molar-refractivity contribution in [2.24, 2.45) is 0 Å². The van der Waals surface area contributed by atoms with Gasteiger partial charge in [0, 0.05) is 6.42 Å². The van der Waals surface area contributed by atoms with Crippen molar-refractivity contribution in [1.29, 1.82) is 0 Å². The van der Waals surface area contributed by atoms with E-state index >= 15 is 0 Å². The maximum atomic E-state index is 11.2. The Labute approximate surface area is 74.7 Å². The molecule has 0 radical (unpaired) electrons. The molecule has 0 aromatic carbocycles. The van der Waals surface area contributed by atoms with E-state index in [1.165, 1.54) is 0 Å². The molecule has 0 spiro atoms. The van der Waals surface area contributed by atoms with E-state index in [2.05, 4.69) is 5.16 Å². The number of hydrogen-bond donors (Lipinski definition) is 1. The number of ether oxygens (including phenoxy) is 1. The van der Waals surface area contributed by atoms with Gasteiger partial charge in [-0.25, -0.2) is 4.79 Å². The van der Waals surface area contributed by atoms with E-state index in [9.17, 15) is 9.59 Å². The van der Waals surface area contributed by atoms with E-state index in [1.54, 1.807) is 13.8 Å². The number of aromatic nitrogens is 1. The lowest BCUT2D eigenvalue weighted by Crippen LogP contribution is -2.16. The Bertz CT molecular complexity index is 349. The zero-order chi connectivity index (χ0) is 9.84. The third-order valence-electron chi connectivity index (χ3n) is 1.57. The maximum Gasteiger partial charge on any atom is 0.347 e. The van der Waals surface area contributed by atoms with E-state index in [4.69, 9.17) is 9.26 Å². The van der Waals surface area contributed by atoms with Crippen LogP contribution >= 0.6 is 0 Å². The fourth-order valence-corrected chi connectivity index (χ4v) is 0.995. The van der Waals surface area contributed by atoms with Crippen molar-refractivity contribution < 1.29 is 14.1 Å². The molecule has 1 aromatic rings. The average molecular weight is 185 g/mol. The van der Waals surface area contributed by atoms with Crippen molar-refractivity contribution in [3.05, 3.63) is 21.7 Å². The molecule has 1 heterocycles. The van der Waals surface area contributed by atoms with Crippen molar-refractivity contribution in [1.82, 2.24) is 5.16 Å². The molecule has 0 atom stereocenters. The van der Waals surface area contributed by atoms with Crippen LogP contribution in [-0.4, -0.2) is 17.7 Å². The topological polar surface area (TPSA) is 72.3 Å². The highest BCUT2D eigenvalue weighted by atomic mass is 16.5. The number of aromatic amines is 1. The van der Waals surface area contributed by atoms with Crippen molar-refractivity contribution in [3.63, 3.8) is 0 Å². The van der Waals surface area contributed by atoms with Gasteiger partial charge in [-0.3, -0.25) is 4.79 Å². The minimum Gasteiger partial charge on any atom is -0.462 e. The molecule has 0 fully saturated rings. The Hall–Kier alpha value is -1.52. The van der Waals surface area contributed by atoms with Crippen LogP contribution in [0.2, 0.25) is 0 Å². The fraction of sp³-hybridized carbons (Fsp3) is 0.500. The third-order valence-corrected chi connectivity index (χ3v) is 1.57. The highest BCUT2D eigenvalue weighted by Gasteiger charge is 2.19. The van der Waals surface area contributed by atoms with Gasteiger partial charge in [0.25, 0.3) is 5.56 Å². The minimum atomic E-state index is -0.630. The van der Waals surface area contributed by atoms with Gasteiger partial charge in [-0.05, 0) is 6.92 Å².